The van der Waals surface area contributed by atoms with Crippen molar-refractivity contribution in [3.8, 4) is 11.4 Å². The molecule has 0 atom stereocenters. The fourth-order valence-electron chi connectivity index (χ4n) is 3.00. The summed E-state index contributed by atoms with van der Waals surface area (Å²) in [6, 6.07) is 6.89. The summed E-state index contributed by atoms with van der Waals surface area (Å²) in [6.07, 6.45) is 2.02. The van der Waals surface area contributed by atoms with Crippen LogP contribution in [0.5, 0.6) is 5.75 Å². The Morgan fingerprint density at radius 2 is 1.87 bits per heavy atom. The summed E-state index contributed by atoms with van der Waals surface area (Å²) in [5.74, 6) is -5.62. The minimum absolute atomic E-state index is 0.252. The number of carbonyl (C=O) groups is 1. The molecule has 0 amide bonds. The molecule has 0 spiro atoms. The van der Waals surface area contributed by atoms with E-state index in [0.29, 0.717) is 12.6 Å². The SMILES string of the molecule is O=C(O)Oc1cn(-c2ccc(Cn3cncn3)cc2)c2c(F)c(F)c(F)cc2c1=O. The van der Waals surface area contributed by atoms with Crippen molar-refractivity contribution >= 4 is 17.1 Å². The van der Waals surface area contributed by atoms with Crippen LogP contribution in [0.1, 0.15) is 5.56 Å². The largest absolute Gasteiger partial charge is 0.511 e. The lowest BCUT2D eigenvalue weighted by Crippen LogP contribution is -2.17. The zero-order valence-electron chi connectivity index (χ0n) is 14.9. The Morgan fingerprint density at radius 1 is 1.13 bits per heavy atom. The maximum Gasteiger partial charge on any atom is 0.511 e. The molecular weight excluding hydrogens is 405 g/mol. The van der Waals surface area contributed by atoms with Crippen LogP contribution in [-0.2, 0) is 6.54 Å². The molecule has 11 heteroatoms. The lowest BCUT2D eigenvalue weighted by molar-refractivity contribution is 0.144. The van der Waals surface area contributed by atoms with E-state index in [0.717, 1.165) is 16.3 Å². The van der Waals surface area contributed by atoms with Gasteiger partial charge in [0.05, 0.1) is 23.6 Å². The number of nitrogens with zero attached hydrogens (tertiary/aromatic N) is 4. The van der Waals surface area contributed by atoms with Gasteiger partial charge in [0.2, 0.25) is 5.43 Å². The molecule has 152 valence electrons. The predicted octanol–water partition coefficient (Wildman–Crippen LogP) is 3.10. The summed E-state index contributed by atoms with van der Waals surface area (Å²) >= 11 is 0. The summed E-state index contributed by atoms with van der Waals surface area (Å²) in [6.45, 7) is 0.396. The molecule has 8 nitrogen and oxygen atoms in total. The number of pyridine rings is 1. The number of carboxylic acid groups (broad SMARTS) is 1. The number of hydrogen-bond donors (Lipinski definition) is 1. The summed E-state index contributed by atoms with van der Waals surface area (Å²) in [5.41, 5.74) is -0.596. The topological polar surface area (TPSA) is 99.2 Å². The van der Waals surface area contributed by atoms with Crippen LogP contribution < -0.4 is 10.2 Å². The molecule has 0 unspecified atom stereocenters. The second-order valence-corrected chi connectivity index (χ2v) is 6.20. The lowest BCUT2D eigenvalue weighted by atomic mass is 10.1. The highest BCUT2D eigenvalue weighted by Gasteiger charge is 2.22. The van der Waals surface area contributed by atoms with E-state index < -0.39 is 45.7 Å². The first-order chi connectivity index (χ1) is 14.3. The molecule has 0 fully saturated rings. The molecule has 0 saturated heterocycles. The molecular formula is C19H11F3N4O4. The maximum atomic E-state index is 14.6. The highest BCUT2D eigenvalue weighted by Crippen LogP contribution is 2.26. The fourth-order valence-corrected chi connectivity index (χ4v) is 3.00. The van der Waals surface area contributed by atoms with Gasteiger partial charge in [-0.25, -0.2) is 27.6 Å². The summed E-state index contributed by atoms with van der Waals surface area (Å²) < 4.78 is 49.2. The zero-order chi connectivity index (χ0) is 21.4. The Morgan fingerprint density at radius 3 is 2.50 bits per heavy atom. The third kappa shape index (κ3) is 3.36. The fraction of sp³-hybridized carbons (Fsp3) is 0.0526. The number of benzene rings is 2. The van der Waals surface area contributed by atoms with Gasteiger partial charge >= 0.3 is 6.16 Å². The Bertz CT molecular complexity index is 1320. The molecule has 0 radical (unpaired) electrons. The molecule has 30 heavy (non-hydrogen) atoms. The van der Waals surface area contributed by atoms with Crippen molar-refractivity contribution in [1.82, 2.24) is 19.3 Å². The molecule has 0 saturated carbocycles. The summed E-state index contributed by atoms with van der Waals surface area (Å²) in [5, 5.41) is 12.3. The number of aromatic nitrogens is 4. The van der Waals surface area contributed by atoms with E-state index >= 15 is 0 Å². The Labute approximate surface area is 165 Å². The van der Waals surface area contributed by atoms with E-state index in [9.17, 15) is 22.8 Å². The number of ether oxygens (including phenoxy) is 1. The van der Waals surface area contributed by atoms with Crippen LogP contribution >= 0.6 is 0 Å². The molecule has 1 N–H and O–H groups in total. The zero-order valence-corrected chi connectivity index (χ0v) is 14.9. The molecule has 4 aromatic rings. The number of halogens is 3. The van der Waals surface area contributed by atoms with Crippen LogP contribution in [0.15, 0.2) is 54.0 Å². The van der Waals surface area contributed by atoms with Crippen LogP contribution in [0.3, 0.4) is 0 Å². The molecule has 0 aliphatic carbocycles. The quantitative estimate of drug-likeness (QED) is 0.406. The van der Waals surface area contributed by atoms with Crippen molar-refractivity contribution in [1.29, 1.82) is 0 Å². The Kier molecular flexibility index (Phi) is 4.70. The van der Waals surface area contributed by atoms with Crippen molar-refractivity contribution in [2.45, 2.75) is 6.54 Å². The first-order valence-electron chi connectivity index (χ1n) is 8.40. The van der Waals surface area contributed by atoms with Crippen LogP contribution in [0.2, 0.25) is 0 Å². The molecule has 2 aromatic heterocycles. The van der Waals surface area contributed by atoms with Crippen LogP contribution in [0, 0.1) is 17.5 Å². The molecule has 2 aromatic carbocycles. The summed E-state index contributed by atoms with van der Waals surface area (Å²) in [7, 11) is 0. The standard InChI is InChI=1S/C19H11F3N4O4/c20-13-5-12-17(16(22)15(13)21)26(7-14(18(12)27)30-19(28)29)11-3-1-10(2-4-11)6-25-9-23-8-24-25/h1-5,7-9H,6H2,(H,28,29). The molecule has 2 heterocycles. The van der Waals surface area contributed by atoms with E-state index in [-0.39, 0.29) is 5.69 Å². The van der Waals surface area contributed by atoms with Gasteiger partial charge in [-0.15, -0.1) is 0 Å². The van der Waals surface area contributed by atoms with Crippen molar-refractivity contribution in [3.05, 3.63) is 82.4 Å². The molecule has 0 aliphatic heterocycles. The van der Waals surface area contributed by atoms with Crippen molar-refractivity contribution in [2.75, 3.05) is 0 Å². The van der Waals surface area contributed by atoms with E-state index in [2.05, 4.69) is 14.8 Å². The van der Waals surface area contributed by atoms with Gasteiger partial charge in [-0.05, 0) is 23.8 Å². The average molecular weight is 416 g/mol. The van der Waals surface area contributed by atoms with Crippen LogP contribution in [-0.4, -0.2) is 30.6 Å². The van der Waals surface area contributed by atoms with Crippen molar-refractivity contribution < 1.29 is 27.8 Å². The second kappa shape index (κ2) is 7.35. The number of rotatable bonds is 4. The second-order valence-electron chi connectivity index (χ2n) is 6.20. The predicted molar refractivity (Wildman–Crippen MR) is 97.2 cm³/mol. The Hall–Kier alpha value is -4.15. The van der Waals surface area contributed by atoms with Crippen LogP contribution in [0.4, 0.5) is 18.0 Å². The van der Waals surface area contributed by atoms with Crippen molar-refractivity contribution in [2.24, 2.45) is 0 Å². The van der Waals surface area contributed by atoms with E-state index in [1.54, 1.807) is 16.8 Å². The van der Waals surface area contributed by atoms with Crippen molar-refractivity contribution in [3.63, 3.8) is 0 Å². The van der Waals surface area contributed by atoms with Gasteiger partial charge in [0.15, 0.2) is 23.2 Å². The van der Waals surface area contributed by atoms with Gasteiger partial charge in [-0.2, -0.15) is 5.10 Å². The maximum absolute atomic E-state index is 14.6. The molecule has 0 aliphatic rings. The third-order valence-electron chi connectivity index (χ3n) is 4.32. The summed E-state index contributed by atoms with van der Waals surface area (Å²) in [4.78, 5) is 27.2. The smallest absolute Gasteiger partial charge is 0.449 e. The van der Waals surface area contributed by atoms with E-state index in [1.165, 1.54) is 24.8 Å². The molecule has 0 bridgehead atoms. The normalized spacial score (nSPS) is 11.0. The van der Waals surface area contributed by atoms with Gasteiger partial charge in [0, 0.05) is 5.69 Å². The number of hydrogen-bond acceptors (Lipinski definition) is 5. The minimum atomic E-state index is -1.79. The average Bonchev–Trinajstić information content (AvgIpc) is 3.22. The highest BCUT2D eigenvalue weighted by molar-refractivity contribution is 5.83. The first kappa shape index (κ1) is 19.2. The van der Waals surface area contributed by atoms with Gasteiger partial charge in [-0.3, -0.25) is 4.79 Å². The van der Waals surface area contributed by atoms with Gasteiger partial charge < -0.3 is 14.4 Å². The van der Waals surface area contributed by atoms with Crippen LogP contribution in [0.25, 0.3) is 16.6 Å². The first-order valence-corrected chi connectivity index (χ1v) is 8.40. The molecule has 4 rings (SSSR count). The minimum Gasteiger partial charge on any atom is -0.449 e. The van der Waals surface area contributed by atoms with Gasteiger partial charge in [0.25, 0.3) is 0 Å². The third-order valence-corrected chi connectivity index (χ3v) is 4.32. The number of fused-ring (bicyclic) bond motifs is 1. The van der Waals surface area contributed by atoms with Gasteiger partial charge in [0.1, 0.15) is 12.7 Å². The Balaban J connectivity index is 1.90. The van der Waals surface area contributed by atoms with E-state index in [4.69, 9.17) is 5.11 Å². The van der Waals surface area contributed by atoms with Gasteiger partial charge in [-0.1, -0.05) is 12.1 Å². The van der Waals surface area contributed by atoms with E-state index in [1.807, 2.05) is 0 Å². The lowest BCUT2D eigenvalue weighted by Gasteiger charge is -2.15. The monoisotopic (exact) mass is 416 g/mol. The highest BCUT2D eigenvalue weighted by atomic mass is 19.2.